The van der Waals surface area contributed by atoms with Crippen molar-refractivity contribution in [2.24, 2.45) is 0 Å². The first-order valence-electron chi connectivity index (χ1n) is 4.07. The van der Waals surface area contributed by atoms with Crippen LogP contribution >= 0.6 is 11.8 Å². The van der Waals surface area contributed by atoms with Gasteiger partial charge in [-0.15, -0.1) is 11.8 Å². The van der Waals surface area contributed by atoms with Crippen LogP contribution in [0, 0.1) is 0 Å². The molecule has 0 atom stereocenters. The Morgan fingerprint density at radius 2 is 2.08 bits per heavy atom. The summed E-state index contributed by atoms with van der Waals surface area (Å²) in [5.74, 6) is 0.625. The van der Waals surface area contributed by atoms with Gasteiger partial charge in [-0.1, -0.05) is 18.2 Å². The molecule has 0 spiro atoms. The molecule has 0 aliphatic heterocycles. The second kappa shape index (κ2) is 5.65. The molecule has 1 aromatic carbocycles. The Labute approximate surface area is 82.3 Å². The highest BCUT2D eigenvalue weighted by atomic mass is 32.2. The van der Waals surface area contributed by atoms with Crippen molar-refractivity contribution in [3.63, 3.8) is 0 Å². The molecule has 0 aliphatic rings. The van der Waals surface area contributed by atoms with E-state index in [1.54, 1.807) is 11.8 Å². The van der Waals surface area contributed by atoms with Crippen molar-refractivity contribution in [3.05, 3.63) is 30.3 Å². The maximum atomic E-state index is 10.8. The van der Waals surface area contributed by atoms with Crippen LogP contribution in [0.3, 0.4) is 0 Å². The van der Waals surface area contributed by atoms with Crippen molar-refractivity contribution in [2.45, 2.75) is 11.3 Å². The lowest BCUT2D eigenvalue weighted by atomic mass is 10.4. The summed E-state index contributed by atoms with van der Waals surface area (Å²) >= 11 is 1.66. The van der Waals surface area contributed by atoms with E-state index < -0.39 is 0 Å². The van der Waals surface area contributed by atoms with Crippen LogP contribution in [0.5, 0.6) is 0 Å². The summed E-state index contributed by atoms with van der Waals surface area (Å²) in [5, 5.41) is 0. The number of carbonyl (C=O) groups is 1. The average molecular weight is 196 g/mol. The predicted octanol–water partition coefficient (Wildman–Crippen LogP) is 2.34. The Hall–Kier alpha value is -0.960. The first-order chi connectivity index (χ1) is 6.33. The first kappa shape index (κ1) is 10.1. The Morgan fingerprint density at radius 1 is 1.38 bits per heavy atom. The number of rotatable bonds is 4. The summed E-state index contributed by atoms with van der Waals surface area (Å²) < 4.78 is 4.54. The molecule has 0 saturated carbocycles. The van der Waals surface area contributed by atoms with Crippen LogP contribution in [-0.2, 0) is 9.53 Å². The molecule has 13 heavy (non-hydrogen) atoms. The number of hydrogen-bond donors (Lipinski definition) is 0. The van der Waals surface area contributed by atoms with E-state index in [4.69, 9.17) is 0 Å². The zero-order chi connectivity index (χ0) is 9.52. The third-order valence-corrected chi connectivity index (χ3v) is 2.56. The van der Waals surface area contributed by atoms with Crippen molar-refractivity contribution in [2.75, 3.05) is 12.9 Å². The van der Waals surface area contributed by atoms with Gasteiger partial charge in [0.1, 0.15) is 0 Å². The molecule has 0 N–H and O–H groups in total. The molecular weight excluding hydrogens is 184 g/mol. The maximum absolute atomic E-state index is 10.8. The van der Waals surface area contributed by atoms with Crippen molar-refractivity contribution in [3.8, 4) is 0 Å². The van der Waals surface area contributed by atoms with E-state index in [-0.39, 0.29) is 5.97 Å². The third kappa shape index (κ3) is 3.99. The number of esters is 1. The van der Waals surface area contributed by atoms with Gasteiger partial charge in [-0.25, -0.2) is 0 Å². The van der Waals surface area contributed by atoms with E-state index in [2.05, 4.69) is 4.74 Å². The highest BCUT2D eigenvalue weighted by Crippen LogP contribution is 2.17. The van der Waals surface area contributed by atoms with Crippen LogP contribution < -0.4 is 0 Å². The van der Waals surface area contributed by atoms with Crippen molar-refractivity contribution in [1.29, 1.82) is 0 Å². The Balaban J connectivity index is 2.24. The molecule has 0 heterocycles. The van der Waals surface area contributed by atoms with E-state index in [9.17, 15) is 4.79 Å². The zero-order valence-corrected chi connectivity index (χ0v) is 8.34. The first-order valence-corrected chi connectivity index (χ1v) is 5.06. The van der Waals surface area contributed by atoms with Gasteiger partial charge in [-0.3, -0.25) is 4.79 Å². The number of methoxy groups -OCH3 is 1. The minimum atomic E-state index is -0.150. The van der Waals surface area contributed by atoms with Crippen molar-refractivity contribution < 1.29 is 9.53 Å². The van der Waals surface area contributed by atoms with Crippen LogP contribution in [-0.4, -0.2) is 18.8 Å². The molecule has 70 valence electrons. The number of hydrogen-bond acceptors (Lipinski definition) is 3. The molecule has 2 nitrogen and oxygen atoms in total. The number of ether oxygens (including phenoxy) is 1. The van der Waals surface area contributed by atoms with E-state index >= 15 is 0 Å². The Bertz CT molecular complexity index is 259. The molecule has 0 unspecified atom stereocenters. The zero-order valence-electron chi connectivity index (χ0n) is 7.53. The molecule has 0 saturated heterocycles. The minimum absolute atomic E-state index is 0.150. The van der Waals surface area contributed by atoms with Gasteiger partial charge in [0.25, 0.3) is 0 Å². The van der Waals surface area contributed by atoms with Crippen LogP contribution in [0.2, 0.25) is 0 Å². The van der Waals surface area contributed by atoms with Gasteiger partial charge in [0.05, 0.1) is 13.5 Å². The standard InChI is InChI=1S/C10H12O2S/c1-12-10(11)7-8-13-9-5-3-2-4-6-9/h2-6H,7-8H2,1H3. The molecule has 0 aliphatic carbocycles. The molecule has 0 radical (unpaired) electrons. The van der Waals surface area contributed by atoms with Crippen molar-refractivity contribution >= 4 is 17.7 Å². The van der Waals surface area contributed by atoms with Crippen LogP contribution in [0.15, 0.2) is 35.2 Å². The summed E-state index contributed by atoms with van der Waals surface area (Å²) in [6.07, 6.45) is 0.468. The van der Waals surface area contributed by atoms with Crippen LogP contribution in [0.1, 0.15) is 6.42 Å². The van der Waals surface area contributed by atoms with Gasteiger partial charge < -0.3 is 4.74 Å². The lowest BCUT2D eigenvalue weighted by Crippen LogP contribution is -2.00. The molecular formula is C10H12O2S. The lowest BCUT2D eigenvalue weighted by Gasteiger charge is -1.99. The van der Waals surface area contributed by atoms with Gasteiger partial charge >= 0.3 is 5.97 Å². The molecule has 0 fully saturated rings. The van der Waals surface area contributed by atoms with E-state index in [0.29, 0.717) is 6.42 Å². The molecule has 0 bridgehead atoms. The number of benzene rings is 1. The highest BCUT2D eigenvalue weighted by molar-refractivity contribution is 7.99. The monoisotopic (exact) mass is 196 g/mol. The molecule has 3 heteroatoms. The lowest BCUT2D eigenvalue weighted by molar-refractivity contribution is -0.140. The summed E-state index contributed by atoms with van der Waals surface area (Å²) in [6, 6.07) is 10.0. The summed E-state index contributed by atoms with van der Waals surface area (Å²) in [4.78, 5) is 12.0. The summed E-state index contributed by atoms with van der Waals surface area (Å²) in [6.45, 7) is 0. The average Bonchev–Trinajstić information content (AvgIpc) is 2.19. The normalized spacial score (nSPS) is 9.62. The second-order valence-corrected chi connectivity index (χ2v) is 3.66. The number of thioether (sulfide) groups is 1. The summed E-state index contributed by atoms with van der Waals surface area (Å²) in [7, 11) is 1.41. The fourth-order valence-electron chi connectivity index (χ4n) is 0.871. The molecule has 1 aromatic rings. The number of carbonyl (C=O) groups excluding carboxylic acids is 1. The maximum Gasteiger partial charge on any atom is 0.306 e. The van der Waals surface area contributed by atoms with Crippen LogP contribution in [0.4, 0.5) is 0 Å². The fourth-order valence-corrected chi connectivity index (χ4v) is 1.73. The molecule has 1 rings (SSSR count). The Kier molecular flexibility index (Phi) is 4.40. The van der Waals surface area contributed by atoms with Crippen molar-refractivity contribution in [1.82, 2.24) is 0 Å². The van der Waals surface area contributed by atoms with Gasteiger partial charge in [0.15, 0.2) is 0 Å². The largest absolute Gasteiger partial charge is 0.469 e. The minimum Gasteiger partial charge on any atom is -0.469 e. The van der Waals surface area contributed by atoms with Gasteiger partial charge in [0, 0.05) is 10.6 Å². The van der Waals surface area contributed by atoms with E-state index in [1.807, 2.05) is 30.3 Å². The summed E-state index contributed by atoms with van der Waals surface area (Å²) in [5.41, 5.74) is 0. The SMILES string of the molecule is COC(=O)CCSc1ccccc1. The predicted molar refractivity (Wildman–Crippen MR) is 53.8 cm³/mol. The fraction of sp³-hybridized carbons (Fsp3) is 0.300. The third-order valence-electron chi connectivity index (χ3n) is 1.55. The quantitative estimate of drug-likeness (QED) is 0.546. The highest BCUT2D eigenvalue weighted by Gasteiger charge is 1.99. The van der Waals surface area contributed by atoms with Gasteiger partial charge in [0.2, 0.25) is 0 Å². The van der Waals surface area contributed by atoms with Gasteiger partial charge in [-0.05, 0) is 12.1 Å². The molecule has 0 aromatic heterocycles. The topological polar surface area (TPSA) is 26.3 Å². The Morgan fingerprint density at radius 3 is 2.69 bits per heavy atom. The molecule has 0 amide bonds. The smallest absolute Gasteiger partial charge is 0.306 e. The van der Waals surface area contributed by atoms with E-state index in [0.717, 1.165) is 5.75 Å². The van der Waals surface area contributed by atoms with Crippen LogP contribution in [0.25, 0.3) is 0 Å². The van der Waals surface area contributed by atoms with Gasteiger partial charge in [-0.2, -0.15) is 0 Å². The van der Waals surface area contributed by atoms with E-state index in [1.165, 1.54) is 12.0 Å². The second-order valence-electron chi connectivity index (χ2n) is 2.49.